The first-order valence-electron chi connectivity index (χ1n) is 5.86. The molecule has 0 bridgehead atoms. The van der Waals surface area contributed by atoms with Crippen LogP contribution in [0.3, 0.4) is 0 Å². The summed E-state index contributed by atoms with van der Waals surface area (Å²) in [6.07, 6.45) is 4.32. The van der Waals surface area contributed by atoms with Crippen LogP contribution in [0.15, 0.2) is 36.7 Å². The molecule has 0 fully saturated rings. The van der Waals surface area contributed by atoms with Crippen molar-refractivity contribution in [3.63, 3.8) is 0 Å². The number of halogens is 1. The largest absolute Gasteiger partial charge is 0.369 e. The van der Waals surface area contributed by atoms with Gasteiger partial charge in [-0.1, -0.05) is 6.92 Å². The predicted molar refractivity (Wildman–Crippen MR) is 70.5 cm³/mol. The van der Waals surface area contributed by atoms with Gasteiger partial charge in [-0.2, -0.15) is 0 Å². The Hall–Kier alpha value is -2.17. The van der Waals surface area contributed by atoms with Crippen LogP contribution in [0.2, 0.25) is 0 Å². The summed E-state index contributed by atoms with van der Waals surface area (Å²) in [6.45, 7) is 2.94. The highest BCUT2D eigenvalue weighted by molar-refractivity contribution is 5.56. The minimum absolute atomic E-state index is 0.259. The highest BCUT2D eigenvalue weighted by atomic mass is 19.1. The Bertz CT molecular complexity index is 499. The van der Waals surface area contributed by atoms with Gasteiger partial charge in [0, 0.05) is 12.2 Å². The van der Waals surface area contributed by atoms with Crippen molar-refractivity contribution in [3.05, 3.63) is 42.5 Å². The third-order valence-electron chi connectivity index (χ3n) is 2.31. The molecule has 1 aromatic carbocycles. The van der Waals surface area contributed by atoms with E-state index in [2.05, 4.69) is 27.5 Å². The molecule has 4 nitrogen and oxygen atoms in total. The Balaban J connectivity index is 2.06. The maximum absolute atomic E-state index is 12.8. The Morgan fingerprint density at radius 3 is 2.56 bits per heavy atom. The van der Waals surface area contributed by atoms with Crippen LogP contribution < -0.4 is 10.6 Å². The molecule has 0 aliphatic heterocycles. The van der Waals surface area contributed by atoms with E-state index in [9.17, 15) is 4.39 Å². The molecule has 2 aromatic rings. The second-order valence-electron chi connectivity index (χ2n) is 3.85. The molecule has 1 aromatic heterocycles. The van der Waals surface area contributed by atoms with Crippen LogP contribution in [0.4, 0.5) is 21.7 Å². The summed E-state index contributed by atoms with van der Waals surface area (Å²) in [7, 11) is 0. The monoisotopic (exact) mass is 246 g/mol. The zero-order valence-electron chi connectivity index (χ0n) is 10.2. The number of nitrogens with one attached hydrogen (secondary N) is 2. The summed E-state index contributed by atoms with van der Waals surface area (Å²) < 4.78 is 12.8. The molecule has 0 aliphatic rings. The first kappa shape index (κ1) is 12.3. The first-order valence-corrected chi connectivity index (χ1v) is 5.86. The highest BCUT2D eigenvalue weighted by Gasteiger charge is 1.99. The second-order valence-corrected chi connectivity index (χ2v) is 3.85. The topological polar surface area (TPSA) is 49.8 Å². The van der Waals surface area contributed by atoms with Gasteiger partial charge in [0.2, 0.25) is 0 Å². The van der Waals surface area contributed by atoms with Crippen molar-refractivity contribution in [3.8, 4) is 0 Å². The van der Waals surface area contributed by atoms with Gasteiger partial charge in [0.15, 0.2) is 5.82 Å². The minimum atomic E-state index is -0.259. The van der Waals surface area contributed by atoms with E-state index in [1.165, 1.54) is 12.1 Å². The minimum Gasteiger partial charge on any atom is -0.369 e. The summed E-state index contributed by atoms with van der Waals surface area (Å²) in [5.74, 6) is 1.09. The van der Waals surface area contributed by atoms with Crippen molar-refractivity contribution < 1.29 is 4.39 Å². The molecule has 0 atom stereocenters. The molecular weight excluding hydrogens is 231 g/mol. The van der Waals surface area contributed by atoms with Gasteiger partial charge in [0.25, 0.3) is 0 Å². The van der Waals surface area contributed by atoms with Crippen molar-refractivity contribution in [2.24, 2.45) is 0 Å². The van der Waals surface area contributed by atoms with Crippen LogP contribution in [0.1, 0.15) is 13.3 Å². The lowest BCUT2D eigenvalue weighted by molar-refractivity contribution is 0.628. The number of aromatic nitrogens is 2. The van der Waals surface area contributed by atoms with Crippen LogP contribution in [-0.2, 0) is 0 Å². The summed E-state index contributed by atoms with van der Waals surface area (Å²) in [5.41, 5.74) is 0.776. The van der Waals surface area contributed by atoms with Gasteiger partial charge in [0.05, 0.1) is 12.4 Å². The first-order chi connectivity index (χ1) is 8.78. The summed E-state index contributed by atoms with van der Waals surface area (Å²) >= 11 is 0. The van der Waals surface area contributed by atoms with E-state index in [0.29, 0.717) is 5.82 Å². The van der Waals surface area contributed by atoms with E-state index in [1.807, 2.05) is 0 Å². The fraction of sp³-hybridized carbons (Fsp3) is 0.231. The normalized spacial score (nSPS) is 10.1. The molecule has 0 amide bonds. The molecule has 0 radical (unpaired) electrons. The second kappa shape index (κ2) is 5.95. The van der Waals surface area contributed by atoms with Gasteiger partial charge in [-0.25, -0.2) is 9.37 Å². The van der Waals surface area contributed by atoms with E-state index < -0.39 is 0 Å². The molecular formula is C13H15FN4. The zero-order chi connectivity index (χ0) is 12.8. The molecule has 18 heavy (non-hydrogen) atoms. The SMILES string of the molecule is CCCNc1cncc(Nc2ccc(F)cc2)n1. The van der Waals surface area contributed by atoms with Crippen LogP contribution in [-0.4, -0.2) is 16.5 Å². The van der Waals surface area contributed by atoms with Gasteiger partial charge >= 0.3 is 0 Å². The van der Waals surface area contributed by atoms with Crippen molar-refractivity contribution in [1.82, 2.24) is 9.97 Å². The molecule has 94 valence electrons. The van der Waals surface area contributed by atoms with Crippen LogP contribution in [0, 0.1) is 5.82 Å². The quantitative estimate of drug-likeness (QED) is 0.850. The molecule has 0 aliphatic carbocycles. The molecule has 1 heterocycles. The molecule has 2 N–H and O–H groups in total. The molecule has 0 saturated heterocycles. The maximum atomic E-state index is 12.8. The molecule has 0 saturated carbocycles. The van der Waals surface area contributed by atoms with Gasteiger partial charge in [-0.3, -0.25) is 4.98 Å². The van der Waals surface area contributed by atoms with Crippen LogP contribution in [0.5, 0.6) is 0 Å². The number of hydrogen-bond donors (Lipinski definition) is 2. The Morgan fingerprint density at radius 1 is 1.11 bits per heavy atom. The van der Waals surface area contributed by atoms with Crippen LogP contribution >= 0.6 is 0 Å². The number of hydrogen-bond acceptors (Lipinski definition) is 4. The lowest BCUT2D eigenvalue weighted by atomic mass is 10.3. The van der Waals surface area contributed by atoms with Gasteiger partial charge in [-0.05, 0) is 30.7 Å². The third-order valence-corrected chi connectivity index (χ3v) is 2.31. The smallest absolute Gasteiger partial charge is 0.151 e. The van der Waals surface area contributed by atoms with E-state index in [4.69, 9.17) is 0 Å². The van der Waals surface area contributed by atoms with E-state index >= 15 is 0 Å². The Morgan fingerprint density at radius 2 is 1.83 bits per heavy atom. The Kier molecular flexibility index (Phi) is 4.06. The number of nitrogens with zero attached hydrogens (tertiary/aromatic N) is 2. The average molecular weight is 246 g/mol. The maximum Gasteiger partial charge on any atom is 0.151 e. The summed E-state index contributed by atoms with van der Waals surface area (Å²) in [6, 6.07) is 6.11. The molecule has 2 rings (SSSR count). The third kappa shape index (κ3) is 3.41. The van der Waals surface area contributed by atoms with E-state index in [1.54, 1.807) is 24.5 Å². The number of anilines is 3. The molecule has 0 unspecified atom stereocenters. The Labute approximate surface area is 105 Å². The van der Waals surface area contributed by atoms with Gasteiger partial charge in [0.1, 0.15) is 11.6 Å². The fourth-order valence-corrected chi connectivity index (χ4v) is 1.45. The number of rotatable bonds is 5. The van der Waals surface area contributed by atoms with Crippen molar-refractivity contribution in [2.75, 3.05) is 17.2 Å². The summed E-state index contributed by atoms with van der Waals surface area (Å²) in [4.78, 5) is 8.44. The highest BCUT2D eigenvalue weighted by Crippen LogP contribution is 2.15. The fourth-order valence-electron chi connectivity index (χ4n) is 1.45. The lowest BCUT2D eigenvalue weighted by Crippen LogP contribution is -2.04. The van der Waals surface area contributed by atoms with Gasteiger partial charge < -0.3 is 10.6 Å². The van der Waals surface area contributed by atoms with Gasteiger partial charge in [-0.15, -0.1) is 0 Å². The van der Waals surface area contributed by atoms with Crippen LogP contribution in [0.25, 0.3) is 0 Å². The van der Waals surface area contributed by atoms with E-state index in [0.717, 1.165) is 24.5 Å². The number of benzene rings is 1. The molecule has 0 spiro atoms. The van der Waals surface area contributed by atoms with Crippen molar-refractivity contribution in [1.29, 1.82) is 0 Å². The van der Waals surface area contributed by atoms with E-state index in [-0.39, 0.29) is 5.82 Å². The predicted octanol–water partition coefficient (Wildman–Crippen LogP) is 3.18. The van der Waals surface area contributed by atoms with Crippen molar-refractivity contribution >= 4 is 17.3 Å². The lowest BCUT2D eigenvalue weighted by Gasteiger charge is -2.07. The molecule has 5 heteroatoms. The average Bonchev–Trinajstić information content (AvgIpc) is 2.40. The standard InChI is InChI=1S/C13H15FN4/c1-2-7-16-12-8-15-9-13(18-12)17-11-5-3-10(14)4-6-11/h3-6,8-9H,2,7H2,1H3,(H2,16,17,18). The zero-order valence-corrected chi connectivity index (χ0v) is 10.2. The van der Waals surface area contributed by atoms with Crippen molar-refractivity contribution in [2.45, 2.75) is 13.3 Å². The summed E-state index contributed by atoms with van der Waals surface area (Å²) in [5, 5.41) is 6.22.